The number of carbonyl (C=O) groups excluding carboxylic acids is 1. The van der Waals surface area contributed by atoms with E-state index >= 15 is 0 Å². The van der Waals surface area contributed by atoms with E-state index in [1.807, 2.05) is 55.5 Å². The lowest BCUT2D eigenvalue weighted by molar-refractivity contribution is 0.102. The maximum atomic E-state index is 12.6. The molecule has 138 valence electrons. The van der Waals surface area contributed by atoms with Crippen molar-refractivity contribution in [3.63, 3.8) is 0 Å². The van der Waals surface area contributed by atoms with Gasteiger partial charge in [-0.15, -0.1) is 0 Å². The molecule has 0 fully saturated rings. The Kier molecular flexibility index (Phi) is 6.05. The summed E-state index contributed by atoms with van der Waals surface area (Å²) in [7, 11) is 0. The highest BCUT2D eigenvalue weighted by atomic mass is 16.5. The van der Waals surface area contributed by atoms with Crippen LogP contribution in [0.5, 0.6) is 5.75 Å². The van der Waals surface area contributed by atoms with Gasteiger partial charge in [-0.2, -0.15) is 0 Å². The molecule has 0 aliphatic carbocycles. The van der Waals surface area contributed by atoms with Gasteiger partial charge in [0, 0.05) is 17.9 Å². The van der Waals surface area contributed by atoms with Crippen molar-refractivity contribution < 1.29 is 9.53 Å². The van der Waals surface area contributed by atoms with Crippen LogP contribution >= 0.6 is 0 Å². The minimum absolute atomic E-state index is 0.114. The van der Waals surface area contributed by atoms with Crippen LogP contribution in [0.25, 0.3) is 0 Å². The van der Waals surface area contributed by atoms with E-state index < -0.39 is 0 Å². The van der Waals surface area contributed by atoms with E-state index in [0.29, 0.717) is 23.7 Å². The van der Waals surface area contributed by atoms with Gasteiger partial charge in [0.2, 0.25) is 0 Å². The van der Waals surface area contributed by atoms with Gasteiger partial charge >= 0.3 is 0 Å². The lowest BCUT2D eigenvalue weighted by atomic mass is 10.1. The summed E-state index contributed by atoms with van der Waals surface area (Å²) >= 11 is 0. The van der Waals surface area contributed by atoms with Crippen molar-refractivity contribution in [3.05, 3.63) is 84.2 Å². The molecule has 1 aromatic heterocycles. The number of aromatic nitrogens is 1. The van der Waals surface area contributed by atoms with Crippen LogP contribution in [-0.4, -0.2) is 17.5 Å². The number of carbonyl (C=O) groups is 1. The molecule has 1 amide bonds. The van der Waals surface area contributed by atoms with Crippen molar-refractivity contribution in [2.45, 2.75) is 19.9 Å². The molecule has 2 aromatic carbocycles. The number of pyridine rings is 1. The van der Waals surface area contributed by atoms with E-state index in [1.165, 1.54) is 5.56 Å². The summed E-state index contributed by atoms with van der Waals surface area (Å²) in [5, 5.41) is 6.27. The third kappa shape index (κ3) is 4.85. The molecule has 1 heterocycles. The summed E-state index contributed by atoms with van der Waals surface area (Å²) in [6.07, 6.45) is 1.63. The summed E-state index contributed by atoms with van der Waals surface area (Å²) in [6, 6.07) is 21.2. The van der Waals surface area contributed by atoms with Crippen LogP contribution < -0.4 is 15.4 Å². The topological polar surface area (TPSA) is 63.2 Å². The SMILES string of the molecule is CCOc1ccccc1NC(=O)c1cc(NC(C)c2ccccc2)ccn1. The van der Waals surface area contributed by atoms with Crippen molar-refractivity contribution in [2.24, 2.45) is 0 Å². The standard InChI is InChI=1S/C22H23N3O2/c1-3-27-21-12-8-7-11-19(21)25-22(26)20-15-18(13-14-23-20)24-16(2)17-9-5-4-6-10-17/h4-16H,3H2,1-2H3,(H,23,24)(H,25,26). The van der Waals surface area contributed by atoms with Crippen molar-refractivity contribution in [1.29, 1.82) is 0 Å². The molecular weight excluding hydrogens is 338 g/mol. The Morgan fingerprint density at radius 3 is 2.59 bits per heavy atom. The highest BCUT2D eigenvalue weighted by molar-refractivity contribution is 6.04. The number of hydrogen-bond acceptors (Lipinski definition) is 4. The molecule has 0 spiro atoms. The Bertz CT molecular complexity index is 897. The molecule has 0 bridgehead atoms. The predicted octanol–water partition coefficient (Wildman–Crippen LogP) is 4.91. The van der Waals surface area contributed by atoms with E-state index in [1.54, 1.807) is 12.3 Å². The van der Waals surface area contributed by atoms with Crippen LogP contribution in [0.1, 0.15) is 35.9 Å². The van der Waals surface area contributed by atoms with Crippen LogP contribution in [0, 0.1) is 0 Å². The number of amides is 1. The Hall–Kier alpha value is -3.34. The van der Waals surface area contributed by atoms with Crippen molar-refractivity contribution >= 4 is 17.3 Å². The van der Waals surface area contributed by atoms with Crippen LogP contribution in [0.2, 0.25) is 0 Å². The molecular formula is C22H23N3O2. The first-order valence-corrected chi connectivity index (χ1v) is 8.98. The van der Waals surface area contributed by atoms with Gasteiger partial charge in [-0.05, 0) is 43.7 Å². The molecule has 3 rings (SSSR count). The van der Waals surface area contributed by atoms with Crippen LogP contribution in [-0.2, 0) is 0 Å². The van der Waals surface area contributed by atoms with E-state index in [2.05, 4.69) is 34.7 Å². The second kappa shape index (κ2) is 8.85. The summed E-state index contributed by atoms with van der Waals surface area (Å²) in [4.78, 5) is 16.8. The van der Waals surface area contributed by atoms with Gasteiger partial charge in [0.15, 0.2) is 0 Å². The fourth-order valence-electron chi connectivity index (χ4n) is 2.76. The summed E-state index contributed by atoms with van der Waals surface area (Å²) in [5.74, 6) is 0.360. The number of rotatable bonds is 7. The lowest BCUT2D eigenvalue weighted by Gasteiger charge is -2.16. The number of para-hydroxylation sites is 2. The fourth-order valence-corrected chi connectivity index (χ4v) is 2.76. The Labute approximate surface area is 159 Å². The molecule has 5 nitrogen and oxygen atoms in total. The minimum Gasteiger partial charge on any atom is -0.492 e. The zero-order valence-corrected chi connectivity index (χ0v) is 15.5. The highest BCUT2D eigenvalue weighted by Crippen LogP contribution is 2.25. The normalized spacial score (nSPS) is 11.5. The van der Waals surface area contributed by atoms with Crippen molar-refractivity contribution in [2.75, 3.05) is 17.2 Å². The second-order valence-electron chi connectivity index (χ2n) is 6.09. The zero-order chi connectivity index (χ0) is 19.1. The molecule has 1 unspecified atom stereocenters. The highest BCUT2D eigenvalue weighted by Gasteiger charge is 2.12. The summed E-state index contributed by atoms with van der Waals surface area (Å²) in [6.45, 7) is 4.51. The first-order valence-electron chi connectivity index (χ1n) is 8.98. The maximum absolute atomic E-state index is 12.6. The van der Waals surface area contributed by atoms with Crippen LogP contribution in [0.3, 0.4) is 0 Å². The molecule has 0 saturated heterocycles. The fraction of sp³-hybridized carbons (Fsp3) is 0.182. The smallest absolute Gasteiger partial charge is 0.274 e. The quantitative estimate of drug-likeness (QED) is 0.628. The molecule has 2 N–H and O–H groups in total. The van der Waals surface area contributed by atoms with Gasteiger partial charge in [-0.1, -0.05) is 42.5 Å². The van der Waals surface area contributed by atoms with Gasteiger partial charge in [-0.3, -0.25) is 9.78 Å². The molecule has 0 aliphatic heterocycles. The van der Waals surface area contributed by atoms with Gasteiger partial charge in [0.05, 0.1) is 12.3 Å². The number of ether oxygens (including phenoxy) is 1. The van der Waals surface area contributed by atoms with E-state index in [-0.39, 0.29) is 11.9 Å². The van der Waals surface area contributed by atoms with Gasteiger partial charge in [0.25, 0.3) is 5.91 Å². The number of hydrogen-bond donors (Lipinski definition) is 2. The van der Waals surface area contributed by atoms with Crippen LogP contribution in [0.15, 0.2) is 72.9 Å². The molecule has 1 atom stereocenters. The number of benzene rings is 2. The zero-order valence-electron chi connectivity index (χ0n) is 15.5. The predicted molar refractivity (Wildman–Crippen MR) is 108 cm³/mol. The largest absolute Gasteiger partial charge is 0.492 e. The van der Waals surface area contributed by atoms with Crippen LogP contribution in [0.4, 0.5) is 11.4 Å². The summed E-state index contributed by atoms with van der Waals surface area (Å²) < 4.78 is 5.55. The first-order chi connectivity index (χ1) is 13.2. The molecule has 0 aliphatic rings. The minimum atomic E-state index is -0.279. The first kappa shape index (κ1) is 18.5. The second-order valence-corrected chi connectivity index (χ2v) is 6.09. The molecule has 0 radical (unpaired) electrons. The summed E-state index contributed by atoms with van der Waals surface area (Å²) in [5.41, 5.74) is 2.98. The van der Waals surface area contributed by atoms with Gasteiger partial charge in [-0.25, -0.2) is 0 Å². The third-order valence-corrected chi connectivity index (χ3v) is 4.11. The Balaban J connectivity index is 1.72. The lowest BCUT2D eigenvalue weighted by Crippen LogP contribution is -2.15. The van der Waals surface area contributed by atoms with E-state index in [4.69, 9.17) is 4.74 Å². The van der Waals surface area contributed by atoms with Gasteiger partial charge in [0.1, 0.15) is 11.4 Å². The van der Waals surface area contributed by atoms with Crippen molar-refractivity contribution in [3.8, 4) is 5.75 Å². The average molecular weight is 361 g/mol. The monoisotopic (exact) mass is 361 g/mol. The molecule has 3 aromatic rings. The Morgan fingerprint density at radius 2 is 1.81 bits per heavy atom. The number of nitrogens with zero attached hydrogens (tertiary/aromatic N) is 1. The molecule has 5 heteroatoms. The van der Waals surface area contributed by atoms with E-state index in [9.17, 15) is 4.79 Å². The Morgan fingerprint density at radius 1 is 1.07 bits per heavy atom. The average Bonchev–Trinajstić information content (AvgIpc) is 2.70. The third-order valence-electron chi connectivity index (χ3n) is 4.11. The maximum Gasteiger partial charge on any atom is 0.274 e. The molecule has 27 heavy (non-hydrogen) atoms. The number of anilines is 2. The molecule has 0 saturated carbocycles. The van der Waals surface area contributed by atoms with Crippen molar-refractivity contribution in [1.82, 2.24) is 4.98 Å². The van der Waals surface area contributed by atoms with E-state index in [0.717, 1.165) is 5.69 Å². The number of nitrogens with one attached hydrogen (secondary N) is 2. The van der Waals surface area contributed by atoms with Gasteiger partial charge < -0.3 is 15.4 Å².